The smallest absolute Gasteiger partial charge is 0.185 e. The van der Waals surface area contributed by atoms with Crippen molar-refractivity contribution in [3.8, 4) is 0 Å². The van der Waals surface area contributed by atoms with E-state index in [1.807, 2.05) is 0 Å². The van der Waals surface area contributed by atoms with Gasteiger partial charge in [-0.3, -0.25) is 0 Å². The number of nitrogens with zero attached hydrogens (tertiary/aromatic N) is 2. The van der Waals surface area contributed by atoms with Crippen LogP contribution in [0, 0.1) is 5.92 Å². The molecule has 1 saturated carbocycles. The number of aliphatic hydroxyl groups is 1. The predicted molar refractivity (Wildman–Crippen MR) is 70.6 cm³/mol. The molecule has 0 aromatic carbocycles. The summed E-state index contributed by atoms with van der Waals surface area (Å²) in [7, 11) is 2.13. The molecule has 0 spiro atoms. The fourth-order valence-corrected chi connectivity index (χ4v) is 3.79. The Morgan fingerprint density at radius 2 is 2.18 bits per heavy atom. The van der Waals surface area contributed by atoms with Gasteiger partial charge in [0.2, 0.25) is 0 Å². The van der Waals surface area contributed by atoms with Crippen LogP contribution >= 0.6 is 11.3 Å². The molecule has 1 aromatic heterocycles. The first-order valence-electron chi connectivity index (χ1n) is 6.63. The summed E-state index contributed by atoms with van der Waals surface area (Å²) in [6, 6.07) is 0. The van der Waals surface area contributed by atoms with Crippen LogP contribution in [0.1, 0.15) is 48.8 Å². The van der Waals surface area contributed by atoms with Crippen LogP contribution in [0.25, 0.3) is 0 Å². The van der Waals surface area contributed by atoms with Gasteiger partial charge in [0, 0.05) is 13.6 Å². The largest absolute Gasteiger partial charge is 0.388 e. The summed E-state index contributed by atoms with van der Waals surface area (Å²) in [4.78, 5) is 8.09. The summed E-state index contributed by atoms with van der Waals surface area (Å²) < 4.78 is 0. The van der Waals surface area contributed by atoms with E-state index in [9.17, 15) is 5.11 Å². The maximum atomic E-state index is 9.95. The minimum Gasteiger partial charge on any atom is -0.388 e. The zero-order valence-electron chi connectivity index (χ0n) is 10.4. The number of aliphatic hydroxyl groups excluding tert-OH is 1. The summed E-state index contributed by atoms with van der Waals surface area (Å²) in [5.74, 6) is 0.867. The number of rotatable bonds is 3. The number of thiazole rings is 1. The average Bonchev–Trinajstić information content (AvgIpc) is 2.68. The molecular weight excluding hydrogens is 232 g/mol. The van der Waals surface area contributed by atoms with E-state index in [4.69, 9.17) is 4.98 Å². The highest BCUT2D eigenvalue weighted by atomic mass is 32.1. The summed E-state index contributed by atoms with van der Waals surface area (Å²) in [5, 5.41) is 11.0. The van der Waals surface area contributed by atoms with Gasteiger partial charge in [-0.25, -0.2) is 4.98 Å². The Hall–Kier alpha value is -0.610. The van der Waals surface area contributed by atoms with E-state index < -0.39 is 0 Å². The van der Waals surface area contributed by atoms with Gasteiger partial charge < -0.3 is 10.0 Å². The molecule has 3 rings (SSSR count). The minimum absolute atomic E-state index is 0.262. The maximum Gasteiger partial charge on any atom is 0.185 e. The Kier molecular flexibility index (Phi) is 3.09. The third-order valence-corrected chi connectivity index (χ3v) is 5.31. The molecule has 17 heavy (non-hydrogen) atoms. The van der Waals surface area contributed by atoms with E-state index in [-0.39, 0.29) is 6.10 Å². The highest BCUT2D eigenvalue weighted by molar-refractivity contribution is 7.15. The molecule has 2 aliphatic rings. The number of aryl methyl sites for hydroxylation is 1. The van der Waals surface area contributed by atoms with Gasteiger partial charge in [-0.1, -0.05) is 17.8 Å². The van der Waals surface area contributed by atoms with Gasteiger partial charge in [-0.2, -0.15) is 0 Å². The molecule has 0 aliphatic heterocycles. The summed E-state index contributed by atoms with van der Waals surface area (Å²) >= 11 is 1.69. The lowest BCUT2D eigenvalue weighted by molar-refractivity contribution is 0.160. The number of fused-ring (bicyclic) bond motifs is 1. The van der Waals surface area contributed by atoms with Crippen molar-refractivity contribution in [1.82, 2.24) is 4.98 Å². The Labute approximate surface area is 106 Å². The van der Waals surface area contributed by atoms with Crippen LogP contribution in [0.5, 0.6) is 0 Å². The van der Waals surface area contributed by atoms with Crippen molar-refractivity contribution in [1.29, 1.82) is 0 Å². The zero-order valence-corrected chi connectivity index (χ0v) is 11.2. The van der Waals surface area contributed by atoms with Gasteiger partial charge in [-0.15, -0.1) is 0 Å². The van der Waals surface area contributed by atoms with Gasteiger partial charge in [0.05, 0.1) is 16.7 Å². The number of hydrogen-bond donors (Lipinski definition) is 1. The first kappa shape index (κ1) is 11.5. The van der Waals surface area contributed by atoms with Crippen LogP contribution in [0.2, 0.25) is 0 Å². The maximum absolute atomic E-state index is 9.95. The van der Waals surface area contributed by atoms with Gasteiger partial charge in [0.25, 0.3) is 0 Å². The molecule has 0 saturated heterocycles. The van der Waals surface area contributed by atoms with E-state index in [1.54, 1.807) is 11.3 Å². The SMILES string of the molecule is CN(CC1CCC1)c1nc2c(s1)C(O)CCC2. The second-order valence-corrected chi connectivity index (χ2v) is 6.40. The van der Waals surface area contributed by atoms with Crippen LogP contribution in [-0.2, 0) is 6.42 Å². The average molecular weight is 252 g/mol. The van der Waals surface area contributed by atoms with Crippen molar-refractivity contribution < 1.29 is 5.11 Å². The highest BCUT2D eigenvalue weighted by Gasteiger charge is 2.25. The molecular formula is C13H20N2OS. The first-order chi connectivity index (χ1) is 8.24. The van der Waals surface area contributed by atoms with Crippen molar-refractivity contribution in [2.75, 3.05) is 18.5 Å². The number of hydrogen-bond acceptors (Lipinski definition) is 4. The van der Waals surface area contributed by atoms with Crippen LogP contribution in [0.3, 0.4) is 0 Å². The summed E-state index contributed by atoms with van der Waals surface area (Å²) in [6.45, 7) is 1.13. The van der Waals surface area contributed by atoms with E-state index in [0.29, 0.717) is 0 Å². The molecule has 1 heterocycles. The molecule has 0 amide bonds. The van der Waals surface area contributed by atoms with Crippen LogP contribution in [-0.4, -0.2) is 23.7 Å². The Morgan fingerprint density at radius 1 is 1.35 bits per heavy atom. The molecule has 0 radical (unpaired) electrons. The van der Waals surface area contributed by atoms with Crippen molar-refractivity contribution >= 4 is 16.5 Å². The monoisotopic (exact) mass is 252 g/mol. The number of aromatic nitrogens is 1. The first-order valence-corrected chi connectivity index (χ1v) is 7.44. The molecule has 4 heteroatoms. The lowest BCUT2D eigenvalue weighted by Gasteiger charge is -2.29. The highest BCUT2D eigenvalue weighted by Crippen LogP contribution is 2.38. The van der Waals surface area contributed by atoms with Crippen LogP contribution in [0.4, 0.5) is 5.13 Å². The van der Waals surface area contributed by atoms with Crippen molar-refractivity contribution in [3.05, 3.63) is 10.6 Å². The summed E-state index contributed by atoms with van der Waals surface area (Å²) in [5.41, 5.74) is 1.14. The molecule has 1 aromatic rings. The topological polar surface area (TPSA) is 36.4 Å². The fraction of sp³-hybridized carbons (Fsp3) is 0.769. The normalized spacial score (nSPS) is 24.2. The van der Waals surface area contributed by atoms with Crippen LogP contribution in [0.15, 0.2) is 0 Å². The van der Waals surface area contributed by atoms with E-state index in [0.717, 1.165) is 47.4 Å². The molecule has 0 bridgehead atoms. The fourth-order valence-electron chi connectivity index (χ4n) is 2.69. The predicted octanol–water partition coefficient (Wildman–Crippen LogP) is 2.75. The molecule has 1 unspecified atom stereocenters. The van der Waals surface area contributed by atoms with E-state index in [1.165, 1.54) is 19.3 Å². The molecule has 1 atom stereocenters. The summed E-state index contributed by atoms with van der Waals surface area (Å²) in [6.07, 6.45) is 6.90. The quantitative estimate of drug-likeness (QED) is 0.898. The molecule has 94 valence electrons. The zero-order chi connectivity index (χ0) is 11.8. The Balaban J connectivity index is 1.74. The number of anilines is 1. The van der Waals surface area contributed by atoms with Crippen molar-refractivity contribution in [3.63, 3.8) is 0 Å². The lowest BCUT2D eigenvalue weighted by Crippen LogP contribution is -2.29. The Morgan fingerprint density at radius 3 is 2.82 bits per heavy atom. The molecule has 1 fully saturated rings. The second kappa shape index (κ2) is 4.58. The van der Waals surface area contributed by atoms with Gasteiger partial charge >= 0.3 is 0 Å². The second-order valence-electron chi connectivity index (χ2n) is 5.39. The van der Waals surface area contributed by atoms with Crippen LogP contribution < -0.4 is 4.90 Å². The van der Waals surface area contributed by atoms with Gasteiger partial charge in [-0.05, 0) is 38.0 Å². The molecule has 1 N–H and O–H groups in total. The standard InChI is InChI=1S/C13H20N2OS/c1-15(8-9-4-2-5-9)13-14-10-6-3-7-11(16)12(10)17-13/h9,11,16H,2-8H2,1H3. The third kappa shape index (κ3) is 2.20. The van der Waals surface area contributed by atoms with E-state index in [2.05, 4.69) is 11.9 Å². The third-order valence-electron chi connectivity index (χ3n) is 3.99. The van der Waals surface area contributed by atoms with E-state index >= 15 is 0 Å². The molecule has 2 aliphatic carbocycles. The van der Waals surface area contributed by atoms with Gasteiger partial charge in [0.1, 0.15) is 0 Å². The van der Waals surface area contributed by atoms with Crippen molar-refractivity contribution in [2.24, 2.45) is 5.92 Å². The minimum atomic E-state index is -0.262. The molecule has 3 nitrogen and oxygen atoms in total. The Bertz CT molecular complexity index is 400. The lowest BCUT2D eigenvalue weighted by atomic mass is 9.85. The van der Waals surface area contributed by atoms with Gasteiger partial charge in [0.15, 0.2) is 5.13 Å². The van der Waals surface area contributed by atoms with Crippen molar-refractivity contribution in [2.45, 2.75) is 44.6 Å².